The molecule has 0 saturated heterocycles. The fraction of sp³-hybridized carbons (Fsp3) is 0.0690. The first kappa shape index (κ1) is 20.4. The highest BCUT2D eigenvalue weighted by Crippen LogP contribution is 2.26. The fourth-order valence-corrected chi connectivity index (χ4v) is 3.42. The van der Waals surface area contributed by atoms with Gasteiger partial charge >= 0.3 is 0 Å². The highest BCUT2D eigenvalue weighted by atomic mass is 15.5. The average molecular weight is 403 g/mol. The number of anilines is 2. The van der Waals surface area contributed by atoms with Gasteiger partial charge in [-0.15, -0.1) is 0 Å². The molecule has 0 amide bonds. The summed E-state index contributed by atoms with van der Waals surface area (Å²) in [5, 5.41) is 6.78. The first-order chi connectivity index (χ1) is 15.2. The zero-order valence-electron chi connectivity index (χ0n) is 17.9. The number of para-hydroxylation sites is 2. The Hall–Kier alpha value is -3.91. The van der Waals surface area contributed by atoms with Gasteiger partial charge in [0.25, 0.3) is 0 Å². The maximum atomic E-state index is 4.82. The lowest BCUT2D eigenvalue weighted by Crippen LogP contribution is -2.08. The van der Waals surface area contributed by atoms with Gasteiger partial charge in [-0.1, -0.05) is 96.1 Å². The number of hydrogen-bond donors (Lipinski definition) is 0. The molecule has 0 saturated carbocycles. The van der Waals surface area contributed by atoms with E-state index in [1.807, 2.05) is 47.6 Å². The minimum atomic E-state index is 1.02. The molecule has 4 rings (SSSR count). The lowest BCUT2D eigenvalue weighted by Gasteiger charge is -2.19. The van der Waals surface area contributed by atoms with Crippen molar-refractivity contribution >= 4 is 23.2 Å². The van der Waals surface area contributed by atoms with Crippen LogP contribution in [0.15, 0.2) is 120 Å². The average Bonchev–Trinajstić information content (AvgIpc) is 2.82. The van der Waals surface area contributed by atoms with Gasteiger partial charge in [-0.2, -0.15) is 5.10 Å². The van der Waals surface area contributed by atoms with Gasteiger partial charge in [-0.25, -0.2) is 5.01 Å². The second-order valence-corrected chi connectivity index (χ2v) is 7.56. The van der Waals surface area contributed by atoms with Gasteiger partial charge in [-0.3, -0.25) is 0 Å². The molecule has 2 nitrogen and oxygen atoms in total. The molecule has 152 valence electrons. The second-order valence-electron chi connectivity index (χ2n) is 7.56. The maximum absolute atomic E-state index is 4.82. The number of allylic oxidation sites excluding steroid dienone is 1. The molecule has 0 aliphatic carbocycles. The van der Waals surface area contributed by atoms with Crippen molar-refractivity contribution in [2.75, 3.05) is 5.01 Å². The van der Waals surface area contributed by atoms with Gasteiger partial charge in [0, 0.05) is 6.21 Å². The van der Waals surface area contributed by atoms with Crippen LogP contribution in [-0.2, 0) is 0 Å². The predicted octanol–water partition coefficient (Wildman–Crippen LogP) is 7.56. The Morgan fingerprint density at radius 2 is 1.00 bits per heavy atom. The van der Waals surface area contributed by atoms with Crippen molar-refractivity contribution in [3.8, 4) is 0 Å². The zero-order chi connectivity index (χ0) is 21.5. The van der Waals surface area contributed by atoms with E-state index in [1.165, 1.54) is 22.3 Å². The van der Waals surface area contributed by atoms with Crippen LogP contribution in [0.25, 0.3) is 5.57 Å². The van der Waals surface area contributed by atoms with Crippen LogP contribution in [0.2, 0.25) is 0 Å². The fourth-order valence-electron chi connectivity index (χ4n) is 3.42. The van der Waals surface area contributed by atoms with Crippen LogP contribution in [0.4, 0.5) is 11.4 Å². The summed E-state index contributed by atoms with van der Waals surface area (Å²) >= 11 is 0. The summed E-state index contributed by atoms with van der Waals surface area (Å²) in [5.41, 5.74) is 8.03. The molecule has 0 unspecified atom stereocenters. The van der Waals surface area contributed by atoms with Gasteiger partial charge in [0.2, 0.25) is 0 Å². The van der Waals surface area contributed by atoms with Crippen LogP contribution in [-0.4, -0.2) is 6.21 Å². The first-order valence-corrected chi connectivity index (χ1v) is 10.5. The Kier molecular flexibility index (Phi) is 6.39. The molecule has 0 spiro atoms. The van der Waals surface area contributed by atoms with E-state index in [1.54, 1.807) is 0 Å². The Labute approximate surface area is 184 Å². The summed E-state index contributed by atoms with van der Waals surface area (Å²) in [6.45, 7) is 4.22. The topological polar surface area (TPSA) is 15.6 Å². The van der Waals surface area contributed by atoms with Gasteiger partial charge in [-0.05, 0) is 60.9 Å². The smallest absolute Gasteiger partial charge is 0.0652 e. The number of hydrogen-bond acceptors (Lipinski definition) is 2. The third kappa shape index (κ3) is 5.18. The van der Waals surface area contributed by atoms with Crippen LogP contribution in [0.1, 0.15) is 22.3 Å². The van der Waals surface area contributed by atoms with Crippen LogP contribution in [0.5, 0.6) is 0 Å². The summed E-state index contributed by atoms with van der Waals surface area (Å²) in [4.78, 5) is 0. The van der Waals surface area contributed by atoms with Crippen molar-refractivity contribution in [3.63, 3.8) is 0 Å². The largest absolute Gasteiger partial charge is 0.234 e. The Morgan fingerprint density at radius 1 is 0.581 bits per heavy atom. The lowest BCUT2D eigenvalue weighted by atomic mass is 9.96. The molecule has 0 aliphatic rings. The normalized spacial score (nSPS) is 10.8. The van der Waals surface area contributed by atoms with Crippen molar-refractivity contribution in [3.05, 3.63) is 138 Å². The van der Waals surface area contributed by atoms with Crippen LogP contribution < -0.4 is 5.01 Å². The highest BCUT2D eigenvalue weighted by molar-refractivity contribution is 5.92. The van der Waals surface area contributed by atoms with Crippen molar-refractivity contribution in [2.45, 2.75) is 13.8 Å². The molecule has 31 heavy (non-hydrogen) atoms. The van der Waals surface area contributed by atoms with E-state index in [0.717, 1.165) is 16.9 Å². The number of benzene rings is 4. The van der Waals surface area contributed by atoms with Gasteiger partial charge < -0.3 is 0 Å². The summed E-state index contributed by atoms with van der Waals surface area (Å²) in [5.74, 6) is 0. The van der Waals surface area contributed by atoms with E-state index in [4.69, 9.17) is 5.10 Å². The van der Waals surface area contributed by atoms with Crippen molar-refractivity contribution in [1.82, 2.24) is 0 Å². The van der Waals surface area contributed by atoms with Gasteiger partial charge in [0.05, 0.1) is 11.4 Å². The summed E-state index contributed by atoms with van der Waals surface area (Å²) in [7, 11) is 0. The molecule has 0 bridgehead atoms. The van der Waals surface area contributed by atoms with Crippen molar-refractivity contribution in [1.29, 1.82) is 0 Å². The quantitative estimate of drug-likeness (QED) is 0.240. The van der Waals surface area contributed by atoms with Gasteiger partial charge in [0.1, 0.15) is 0 Å². The van der Waals surface area contributed by atoms with Gasteiger partial charge in [0.15, 0.2) is 0 Å². The molecular formula is C29H26N2. The Bertz CT molecular complexity index is 1070. The molecule has 0 fully saturated rings. The van der Waals surface area contributed by atoms with E-state index >= 15 is 0 Å². The molecule has 0 aliphatic heterocycles. The predicted molar refractivity (Wildman–Crippen MR) is 133 cm³/mol. The zero-order valence-corrected chi connectivity index (χ0v) is 17.9. The van der Waals surface area contributed by atoms with E-state index < -0.39 is 0 Å². The molecule has 0 atom stereocenters. The first-order valence-electron chi connectivity index (χ1n) is 10.5. The minimum Gasteiger partial charge on any atom is -0.234 e. The maximum Gasteiger partial charge on any atom is 0.0652 e. The summed E-state index contributed by atoms with van der Waals surface area (Å²) < 4.78 is 0. The van der Waals surface area contributed by atoms with Crippen LogP contribution in [0, 0.1) is 13.8 Å². The molecule has 4 aromatic carbocycles. The third-order valence-electron chi connectivity index (χ3n) is 5.15. The monoisotopic (exact) mass is 402 g/mol. The number of aryl methyl sites for hydroxylation is 2. The van der Waals surface area contributed by atoms with E-state index in [-0.39, 0.29) is 0 Å². The SMILES string of the molecule is Cc1ccc(C(=C/C=N/N(c2ccccc2)c2ccccc2)c2ccc(C)cc2)cc1. The molecule has 0 radical (unpaired) electrons. The van der Waals surface area contributed by atoms with Crippen LogP contribution >= 0.6 is 0 Å². The standard InChI is InChI=1S/C29H26N2/c1-23-13-17-25(18-14-23)29(26-19-15-24(2)16-20-26)21-22-30-31(27-9-5-3-6-10-27)28-11-7-4-8-12-28/h3-22H,1-2H3/b30-22+. The lowest BCUT2D eigenvalue weighted by molar-refractivity contribution is 1.09. The molecule has 4 aromatic rings. The second kappa shape index (κ2) is 9.73. The Morgan fingerprint density at radius 3 is 1.42 bits per heavy atom. The van der Waals surface area contributed by atoms with Crippen LogP contribution in [0.3, 0.4) is 0 Å². The third-order valence-corrected chi connectivity index (χ3v) is 5.15. The molecule has 0 N–H and O–H groups in total. The molecule has 2 heteroatoms. The van der Waals surface area contributed by atoms with E-state index in [0.29, 0.717) is 0 Å². The van der Waals surface area contributed by atoms with E-state index in [2.05, 4.69) is 92.7 Å². The number of nitrogens with zero attached hydrogens (tertiary/aromatic N) is 2. The summed E-state index contributed by atoms with van der Waals surface area (Å²) in [6.07, 6.45) is 3.98. The molecular weight excluding hydrogens is 376 g/mol. The number of rotatable bonds is 6. The van der Waals surface area contributed by atoms with E-state index in [9.17, 15) is 0 Å². The summed E-state index contributed by atoms with van der Waals surface area (Å²) in [6, 6.07) is 37.7. The van der Waals surface area contributed by atoms with Crippen molar-refractivity contribution < 1.29 is 0 Å². The molecule has 0 aromatic heterocycles. The van der Waals surface area contributed by atoms with Crippen molar-refractivity contribution in [2.24, 2.45) is 5.10 Å². The highest BCUT2D eigenvalue weighted by Gasteiger charge is 2.07. The number of hydrazone groups is 1. The minimum absolute atomic E-state index is 1.02. The molecule has 0 heterocycles. The Balaban J connectivity index is 1.74.